The highest BCUT2D eigenvalue weighted by molar-refractivity contribution is 5.98. The van der Waals surface area contributed by atoms with Crippen molar-refractivity contribution in [3.05, 3.63) is 76.2 Å². The summed E-state index contributed by atoms with van der Waals surface area (Å²) in [4.78, 5) is 35.8. The van der Waals surface area contributed by atoms with Crippen LogP contribution in [0.1, 0.15) is 38.8 Å². The molecule has 0 radical (unpaired) electrons. The molecule has 0 atom stereocenters. The van der Waals surface area contributed by atoms with Gasteiger partial charge < -0.3 is 14.6 Å². The molecule has 2 aromatic carbocycles. The molecule has 0 aromatic heterocycles. The molecule has 8 heteroatoms. The van der Waals surface area contributed by atoms with Gasteiger partial charge in [-0.15, -0.1) is 10.2 Å². The van der Waals surface area contributed by atoms with Gasteiger partial charge in [-0.1, -0.05) is 29.8 Å². The summed E-state index contributed by atoms with van der Waals surface area (Å²) in [6.07, 6.45) is 0.0836. The van der Waals surface area contributed by atoms with Gasteiger partial charge in [-0.05, 0) is 30.7 Å². The Morgan fingerprint density at radius 1 is 0.967 bits per heavy atom. The second-order valence-corrected chi connectivity index (χ2v) is 6.43. The Kier molecular flexibility index (Phi) is 7.57. The summed E-state index contributed by atoms with van der Waals surface area (Å²) in [6.45, 7) is 3.18. The van der Waals surface area contributed by atoms with E-state index in [1.807, 2.05) is 31.2 Å². The van der Waals surface area contributed by atoms with Crippen LogP contribution in [-0.2, 0) is 20.7 Å². The van der Waals surface area contributed by atoms with E-state index >= 15 is 0 Å². The summed E-state index contributed by atoms with van der Waals surface area (Å²) < 4.78 is 9.37. The fraction of sp³-hybridized carbons (Fsp3) is 0.227. The highest BCUT2D eigenvalue weighted by Gasteiger charge is 2.17. The first-order chi connectivity index (χ1) is 14.3. The van der Waals surface area contributed by atoms with Crippen molar-refractivity contribution >= 4 is 23.4 Å². The highest BCUT2D eigenvalue weighted by Crippen LogP contribution is 2.25. The Balaban J connectivity index is 2.45. The lowest BCUT2D eigenvalue weighted by molar-refractivity contribution is -0.113. The normalized spacial score (nSPS) is 11.7. The number of allylic oxidation sites excluding steroid dienone is 2. The molecule has 2 rings (SSSR count). The number of Topliss-reactive ketones (excluding diaryl/α,β-unsaturated/α-hetero) is 1. The van der Waals surface area contributed by atoms with Crippen molar-refractivity contribution < 1.29 is 29.0 Å². The number of methoxy groups -OCH3 is 2. The molecule has 0 heterocycles. The Bertz CT molecular complexity index is 1020. The van der Waals surface area contributed by atoms with Crippen molar-refractivity contribution in [2.24, 2.45) is 10.2 Å². The number of ether oxygens (including phenoxy) is 2. The van der Waals surface area contributed by atoms with Crippen LogP contribution in [0.2, 0.25) is 0 Å². The zero-order valence-electron chi connectivity index (χ0n) is 17.1. The molecule has 0 aliphatic rings. The van der Waals surface area contributed by atoms with Crippen molar-refractivity contribution in [1.82, 2.24) is 0 Å². The first kappa shape index (κ1) is 22.5. The first-order valence-electron chi connectivity index (χ1n) is 8.97. The smallest absolute Gasteiger partial charge is 0.340 e. The van der Waals surface area contributed by atoms with Crippen LogP contribution in [0.15, 0.2) is 64.1 Å². The van der Waals surface area contributed by atoms with Crippen LogP contribution in [0.3, 0.4) is 0 Å². The summed E-state index contributed by atoms with van der Waals surface area (Å²) in [5.41, 5.74) is 1.76. The van der Waals surface area contributed by atoms with E-state index in [1.165, 1.54) is 39.3 Å². The van der Waals surface area contributed by atoms with Crippen LogP contribution in [0.4, 0.5) is 5.69 Å². The number of aliphatic hydroxyl groups excluding tert-OH is 1. The lowest BCUT2D eigenvalue weighted by Crippen LogP contribution is -2.05. The fourth-order valence-corrected chi connectivity index (χ4v) is 2.56. The molecule has 0 fully saturated rings. The largest absolute Gasteiger partial charge is 0.509 e. The van der Waals surface area contributed by atoms with E-state index in [1.54, 1.807) is 0 Å². The molecule has 0 bridgehead atoms. The van der Waals surface area contributed by atoms with Crippen LogP contribution in [-0.4, -0.2) is 37.0 Å². The van der Waals surface area contributed by atoms with E-state index in [-0.39, 0.29) is 34.7 Å². The first-order valence-corrected chi connectivity index (χ1v) is 8.97. The number of aliphatic hydroxyl groups is 1. The van der Waals surface area contributed by atoms with Crippen LogP contribution in [0.5, 0.6) is 0 Å². The zero-order chi connectivity index (χ0) is 22.3. The second-order valence-electron chi connectivity index (χ2n) is 6.43. The fourth-order valence-electron chi connectivity index (χ4n) is 2.56. The van der Waals surface area contributed by atoms with Gasteiger partial charge in [0.2, 0.25) is 0 Å². The third-order valence-corrected chi connectivity index (χ3v) is 4.18. The molecule has 0 spiro atoms. The van der Waals surface area contributed by atoms with Crippen LogP contribution >= 0.6 is 0 Å². The van der Waals surface area contributed by atoms with E-state index in [9.17, 15) is 19.5 Å². The van der Waals surface area contributed by atoms with Crippen molar-refractivity contribution in [3.63, 3.8) is 0 Å². The quantitative estimate of drug-likeness (QED) is 0.316. The molecule has 0 saturated heterocycles. The summed E-state index contributed by atoms with van der Waals surface area (Å²) in [5, 5.41) is 18.2. The number of azo groups is 1. The van der Waals surface area contributed by atoms with E-state index in [4.69, 9.17) is 4.74 Å². The number of esters is 2. The summed E-state index contributed by atoms with van der Waals surface area (Å²) in [6, 6.07) is 11.4. The SMILES string of the molecule is COC(=O)c1ccc(C(=O)OC)c(N=NC(C(C)=O)=C(O)Cc2ccc(C)cc2)c1. The molecule has 0 aliphatic carbocycles. The van der Waals surface area contributed by atoms with E-state index in [2.05, 4.69) is 15.0 Å². The monoisotopic (exact) mass is 410 g/mol. The predicted molar refractivity (Wildman–Crippen MR) is 109 cm³/mol. The van der Waals surface area contributed by atoms with Crippen LogP contribution in [0, 0.1) is 6.92 Å². The number of aryl methyl sites for hydroxylation is 1. The maximum Gasteiger partial charge on any atom is 0.340 e. The molecule has 0 unspecified atom stereocenters. The van der Waals surface area contributed by atoms with Gasteiger partial charge in [0, 0.05) is 13.3 Å². The van der Waals surface area contributed by atoms with Gasteiger partial charge in [-0.2, -0.15) is 0 Å². The number of carbonyl (C=O) groups excluding carboxylic acids is 3. The van der Waals surface area contributed by atoms with Gasteiger partial charge in [0.1, 0.15) is 11.4 Å². The molecule has 156 valence electrons. The Labute approximate surface area is 173 Å². The molecule has 0 amide bonds. The minimum absolute atomic E-state index is 0.00774. The van der Waals surface area contributed by atoms with Crippen LogP contribution in [0.25, 0.3) is 0 Å². The van der Waals surface area contributed by atoms with E-state index in [0.717, 1.165) is 11.1 Å². The van der Waals surface area contributed by atoms with Gasteiger partial charge in [0.15, 0.2) is 11.5 Å². The third kappa shape index (κ3) is 5.60. The number of hydrogen-bond acceptors (Lipinski definition) is 8. The number of nitrogens with zero attached hydrogens (tertiary/aromatic N) is 2. The van der Waals surface area contributed by atoms with Gasteiger partial charge in [-0.25, -0.2) is 9.59 Å². The molecule has 0 aliphatic heterocycles. The lowest BCUT2D eigenvalue weighted by Gasteiger charge is -2.07. The van der Waals surface area contributed by atoms with Crippen LogP contribution < -0.4 is 0 Å². The van der Waals surface area contributed by atoms with Gasteiger partial charge in [0.25, 0.3) is 0 Å². The number of benzene rings is 2. The average Bonchev–Trinajstić information content (AvgIpc) is 2.74. The molecular weight excluding hydrogens is 388 g/mol. The van der Waals surface area contributed by atoms with Crippen molar-refractivity contribution in [2.75, 3.05) is 14.2 Å². The Hall–Kier alpha value is -3.81. The molecule has 0 saturated carbocycles. The summed E-state index contributed by atoms with van der Waals surface area (Å²) in [7, 11) is 2.42. The summed E-state index contributed by atoms with van der Waals surface area (Å²) >= 11 is 0. The number of rotatable bonds is 7. The molecule has 30 heavy (non-hydrogen) atoms. The van der Waals surface area contributed by atoms with E-state index < -0.39 is 17.7 Å². The second kappa shape index (κ2) is 10.1. The predicted octanol–water partition coefficient (Wildman–Crippen LogP) is 4.25. The molecular formula is C22H22N2O6. The Morgan fingerprint density at radius 3 is 2.17 bits per heavy atom. The minimum Gasteiger partial charge on any atom is -0.509 e. The standard InChI is InChI=1S/C22H22N2O6/c1-13-5-7-15(8-6-13)11-19(26)20(14(2)25)24-23-18-12-16(21(27)29-3)9-10-17(18)22(28)30-4/h5-10,12,26H,11H2,1-4H3. The lowest BCUT2D eigenvalue weighted by atomic mass is 10.1. The van der Waals surface area contributed by atoms with Gasteiger partial charge in [0.05, 0.1) is 25.3 Å². The maximum absolute atomic E-state index is 12.0. The number of hydrogen-bond donors (Lipinski definition) is 1. The molecule has 8 nitrogen and oxygen atoms in total. The van der Waals surface area contributed by atoms with Crippen molar-refractivity contribution in [1.29, 1.82) is 0 Å². The van der Waals surface area contributed by atoms with E-state index in [0.29, 0.717) is 0 Å². The topological polar surface area (TPSA) is 115 Å². The van der Waals surface area contributed by atoms with Crippen molar-refractivity contribution in [3.8, 4) is 0 Å². The molecule has 2 aromatic rings. The zero-order valence-corrected chi connectivity index (χ0v) is 17.1. The molecule has 1 N–H and O–H groups in total. The Morgan fingerprint density at radius 2 is 1.60 bits per heavy atom. The number of ketones is 1. The average molecular weight is 410 g/mol. The van der Waals surface area contributed by atoms with Crippen molar-refractivity contribution in [2.45, 2.75) is 20.3 Å². The van der Waals surface area contributed by atoms with Gasteiger partial charge in [-0.3, -0.25) is 4.79 Å². The highest BCUT2D eigenvalue weighted by atomic mass is 16.5. The minimum atomic E-state index is -0.697. The van der Waals surface area contributed by atoms with Gasteiger partial charge >= 0.3 is 11.9 Å². The third-order valence-electron chi connectivity index (χ3n) is 4.18. The maximum atomic E-state index is 12.0. The summed E-state index contributed by atoms with van der Waals surface area (Å²) in [5.74, 6) is -2.10. The number of carbonyl (C=O) groups is 3.